The minimum atomic E-state index is 0.111. The summed E-state index contributed by atoms with van der Waals surface area (Å²) in [5.41, 5.74) is 2.62. The van der Waals surface area contributed by atoms with Gasteiger partial charge < -0.3 is 10.2 Å². The van der Waals surface area contributed by atoms with Gasteiger partial charge in [0.25, 0.3) is 0 Å². The number of likely N-dealkylation sites (tertiary alicyclic amines) is 1. The molecule has 0 radical (unpaired) electrons. The highest BCUT2D eigenvalue weighted by atomic mass is 16.2. The molecule has 1 fully saturated rings. The van der Waals surface area contributed by atoms with Crippen molar-refractivity contribution in [2.45, 2.75) is 71.3 Å². The first-order chi connectivity index (χ1) is 12.1. The van der Waals surface area contributed by atoms with Crippen LogP contribution >= 0.6 is 0 Å². The number of nitrogens with one attached hydrogen (secondary N) is 1. The molecule has 1 unspecified atom stereocenters. The maximum absolute atomic E-state index is 12.4. The number of carbonyl (C=O) groups excluding carboxylic acids is 2. The van der Waals surface area contributed by atoms with E-state index >= 15 is 0 Å². The van der Waals surface area contributed by atoms with Gasteiger partial charge in [-0.3, -0.25) is 9.59 Å². The molecule has 1 aliphatic rings. The molecular weight excluding hydrogens is 312 g/mol. The standard InChI is InChI=1S/C21H32N2O2/c1-3-7-20(24)22-19-9-6-15-23(16-19)21(25)10-5-4-8-18-13-11-17(2)12-14-18/h11-14,19H,3-10,15-16H2,1-2H3,(H,22,24). The van der Waals surface area contributed by atoms with E-state index in [0.29, 0.717) is 19.4 Å². The van der Waals surface area contributed by atoms with Crippen LogP contribution in [0.1, 0.15) is 63.0 Å². The average Bonchev–Trinajstić information content (AvgIpc) is 2.60. The Morgan fingerprint density at radius 1 is 1.16 bits per heavy atom. The third kappa shape index (κ3) is 6.89. The molecular formula is C21H32N2O2. The van der Waals surface area contributed by atoms with Gasteiger partial charge >= 0.3 is 0 Å². The van der Waals surface area contributed by atoms with E-state index in [1.54, 1.807) is 0 Å². The van der Waals surface area contributed by atoms with Crippen molar-refractivity contribution < 1.29 is 9.59 Å². The quantitative estimate of drug-likeness (QED) is 0.732. The molecule has 0 bridgehead atoms. The van der Waals surface area contributed by atoms with Crippen LogP contribution < -0.4 is 5.32 Å². The van der Waals surface area contributed by atoms with Gasteiger partial charge in [0.2, 0.25) is 11.8 Å². The van der Waals surface area contributed by atoms with Crippen LogP contribution in [0.4, 0.5) is 0 Å². The maximum Gasteiger partial charge on any atom is 0.222 e. The predicted molar refractivity (Wildman–Crippen MR) is 101 cm³/mol. The molecule has 2 amide bonds. The summed E-state index contributed by atoms with van der Waals surface area (Å²) in [6.07, 6.45) is 7.00. The molecule has 1 atom stereocenters. The van der Waals surface area contributed by atoms with Crippen molar-refractivity contribution in [3.63, 3.8) is 0 Å². The van der Waals surface area contributed by atoms with E-state index in [4.69, 9.17) is 0 Å². The van der Waals surface area contributed by atoms with Gasteiger partial charge in [0.1, 0.15) is 0 Å². The number of rotatable bonds is 8. The summed E-state index contributed by atoms with van der Waals surface area (Å²) in [5, 5.41) is 3.07. The summed E-state index contributed by atoms with van der Waals surface area (Å²) < 4.78 is 0. The first-order valence-corrected chi connectivity index (χ1v) is 9.71. The van der Waals surface area contributed by atoms with Crippen molar-refractivity contribution in [3.8, 4) is 0 Å². The third-order valence-electron chi connectivity index (χ3n) is 4.84. The Morgan fingerprint density at radius 3 is 2.64 bits per heavy atom. The number of unbranched alkanes of at least 4 members (excludes halogenated alkanes) is 1. The van der Waals surface area contributed by atoms with E-state index in [-0.39, 0.29) is 17.9 Å². The molecule has 1 saturated heterocycles. The van der Waals surface area contributed by atoms with Crippen LogP contribution in [0.3, 0.4) is 0 Å². The lowest BCUT2D eigenvalue weighted by molar-refractivity contribution is -0.133. The monoisotopic (exact) mass is 344 g/mol. The number of aryl methyl sites for hydroxylation is 2. The van der Waals surface area contributed by atoms with Crippen molar-refractivity contribution in [2.75, 3.05) is 13.1 Å². The van der Waals surface area contributed by atoms with E-state index in [2.05, 4.69) is 36.5 Å². The summed E-state index contributed by atoms with van der Waals surface area (Å²) in [5.74, 6) is 0.346. The van der Waals surface area contributed by atoms with Crippen molar-refractivity contribution in [1.29, 1.82) is 0 Å². The Kier molecular flexibility index (Phi) is 7.96. The fourth-order valence-electron chi connectivity index (χ4n) is 3.37. The number of nitrogens with zero attached hydrogens (tertiary/aromatic N) is 1. The summed E-state index contributed by atoms with van der Waals surface area (Å²) in [6.45, 7) is 5.61. The van der Waals surface area contributed by atoms with Crippen molar-refractivity contribution in [3.05, 3.63) is 35.4 Å². The highest BCUT2D eigenvalue weighted by Gasteiger charge is 2.24. The van der Waals surface area contributed by atoms with Gasteiger partial charge in [0.05, 0.1) is 0 Å². The number of hydrogen-bond donors (Lipinski definition) is 1. The molecule has 138 valence electrons. The molecule has 1 aliphatic heterocycles. The number of carbonyl (C=O) groups is 2. The van der Waals surface area contributed by atoms with Gasteiger partial charge in [-0.15, -0.1) is 0 Å². The molecule has 1 N–H and O–H groups in total. The summed E-state index contributed by atoms with van der Waals surface area (Å²) in [6, 6.07) is 8.75. The van der Waals surface area contributed by atoms with E-state index in [1.807, 2.05) is 11.8 Å². The van der Waals surface area contributed by atoms with Crippen LogP contribution in [0, 0.1) is 6.92 Å². The zero-order valence-corrected chi connectivity index (χ0v) is 15.7. The molecule has 2 rings (SSSR count). The summed E-state index contributed by atoms with van der Waals surface area (Å²) >= 11 is 0. The molecule has 0 aliphatic carbocycles. The molecule has 0 spiro atoms. The Labute approximate surface area is 152 Å². The van der Waals surface area contributed by atoms with Crippen LogP contribution in [-0.2, 0) is 16.0 Å². The zero-order valence-electron chi connectivity index (χ0n) is 15.7. The number of amides is 2. The lowest BCUT2D eigenvalue weighted by Crippen LogP contribution is -2.49. The van der Waals surface area contributed by atoms with Crippen molar-refractivity contribution in [1.82, 2.24) is 10.2 Å². The minimum Gasteiger partial charge on any atom is -0.352 e. The second-order valence-electron chi connectivity index (χ2n) is 7.19. The summed E-state index contributed by atoms with van der Waals surface area (Å²) in [7, 11) is 0. The van der Waals surface area contributed by atoms with E-state index < -0.39 is 0 Å². The summed E-state index contributed by atoms with van der Waals surface area (Å²) in [4.78, 5) is 26.1. The maximum atomic E-state index is 12.4. The minimum absolute atomic E-state index is 0.111. The Balaban J connectivity index is 1.67. The van der Waals surface area contributed by atoms with Gasteiger partial charge in [-0.2, -0.15) is 0 Å². The molecule has 4 nitrogen and oxygen atoms in total. The molecule has 4 heteroatoms. The molecule has 1 heterocycles. The largest absolute Gasteiger partial charge is 0.352 e. The van der Waals surface area contributed by atoms with Crippen LogP contribution in [-0.4, -0.2) is 35.8 Å². The predicted octanol–water partition coefficient (Wildman–Crippen LogP) is 3.62. The number of benzene rings is 1. The molecule has 25 heavy (non-hydrogen) atoms. The van der Waals surface area contributed by atoms with Gasteiger partial charge in [0.15, 0.2) is 0 Å². The van der Waals surface area contributed by atoms with E-state index in [0.717, 1.165) is 45.1 Å². The van der Waals surface area contributed by atoms with Gasteiger partial charge in [0, 0.05) is 32.0 Å². The lowest BCUT2D eigenvalue weighted by atomic mass is 10.0. The van der Waals surface area contributed by atoms with Crippen LogP contribution in [0.15, 0.2) is 24.3 Å². The second kappa shape index (κ2) is 10.2. The fourth-order valence-corrected chi connectivity index (χ4v) is 3.37. The Hall–Kier alpha value is -1.84. The van der Waals surface area contributed by atoms with Gasteiger partial charge in [-0.05, 0) is 51.0 Å². The van der Waals surface area contributed by atoms with Crippen LogP contribution in [0.25, 0.3) is 0 Å². The zero-order chi connectivity index (χ0) is 18.1. The SMILES string of the molecule is CCCC(=O)NC1CCCN(C(=O)CCCCc2ccc(C)cc2)C1. The van der Waals surface area contributed by atoms with E-state index in [9.17, 15) is 9.59 Å². The van der Waals surface area contributed by atoms with Crippen LogP contribution in [0.2, 0.25) is 0 Å². The molecule has 0 aromatic heterocycles. The van der Waals surface area contributed by atoms with Crippen molar-refractivity contribution in [2.24, 2.45) is 0 Å². The fraction of sp³-hybridized carbons (Fsp3) is 0.619. The second-order valence-corrected chi connectivity index (χ2v) is 7.19. The first kappa shape index (κ1) is 19.5. The molecule has 1 aromatic carbocycles. The highest BCUT2D eigenvalue weighted by Crippen LogP contribution is 2.14. The Bertz CT molecular complexity index is 554. The van der Waals surface area contributed by atoms with E-state index in [1.165, 1.54) is 11.1 Å². The lowest BCUT2D eigenvalue weighted by Gasteiger charge is -2.33. The average molecular weight is 344 g/mol. The van der Waals surface area contributed by atoms with Gasteiger partial charge in [-0.1, -0.05) is 36.8 Å². The Morgan fingerprint density at radius 2 is 1.92 bits per heavy atom. The molecule has 1 aromatic rings. The van der Waals surface area contributed by atoms with Crippen LogP contribution in [0.5, 0.6) is 0 Å². The highest BCUT2D eigenvalue weighted by molar-refractivity contribution is 5.77. The third-order valence-corrected chi connectivity index (χ3v) is 4.84. The normalized spacial score (nSPS) is 17.4. The first-order valence-electron chi connectivity index (χ1n) is 9.71. The van der Waals surface area contributed by atoms with Crippen molar-refractivity contribution >= 4 is 11.8 Å². The molecule has 0 saturated carbocycles. The topological polar surface area (TPSA) is 49.4 Å². The van der Waals surface area contributed by atoms with Gasteiger partial charge in [-0.25, -0.2) is 0 Å². The smallest absolute Gasteiger partial charge is 0.222 e. The number of hydrogen-bond acceptors (Lipinski definition) is 2. The number of piperidine rings is 1.